The van der Waals surface area contributed by atoms with Gasteiger partial charge in [-0.05, 0) is 19.8 Å². The van der Waals surface area contributed by atoms with Gasteiger partial charge in [0.1, 0.15) is 5.82 Å². The minimum Gasteiger partial charge on any atom is -0.415 e. The van der Waals surface area contributed by atoms with E-state index >= 15 is 0 Å². The van der Waals surface area contributed by atoms with Gasteiger partial charge >= 0.3 is 6.09 Å². The first-order valence-corrected chi connectivity index (χ1v) is 11.7. The summed E-state index contributed by atoms with van der Waals surface area (Å²) < 4.78 is 12.6. The molecule has 10 nitrogen and oxygen atoms in total. The Balaban J connectivity index is 1.44. The summed E-state index contributed by atoms with van der Waals surface area (Å²) in [7, 11) is 3.51. The van der Waals surface area contributed by atoms with Crippen molar-refractivity contribution in [2.24, 2.45) is 0 Å². The molecular weight excluding hydrogens is 422 g/mol. The highest BCUT2D eigenvalue weighted by molar-refractivity contribution is 5.86. The first-order valence-electron chi connectivity index (χ1n) is 11.7. The summed E-state index contributed by atoms with van der Waals surface area (Å²) in [6.45, 7) is 3.40. The molecule has 3 atom stereocenters. The Labute approximate surface area is 193 Å². The number of amides is 1. The number of aromatic nitrogens is 4. The van der Waals surface area contributed by atoms with Crippen molar-refractivity contribution in [3.63, 3.8) is 0 Å². The summed E-state index contributed by atoms with van der Waals surface area (Å²) in [4.78, 5) is 24.3. The van der Waals surface area contributed by atoms with E-state index < -0.39 is 0 Å². The number of carbonyl (C=O) groups excluding carboxylic acids is 1. The van der Waals surface area contributed by atoms with Gasteiger partial charge in [0.05, 0.1) is 19.4 Å². The second kappa shape index (κ2) is 9.09. The third-order valence-electron chi connectivity index (χ3n) is 7.00. The molecule has 1 unspecified atom stereocenters. The van der Waals surface area contributed by atoms with E-state index in [-0.39, 0.29) is 24.1 Å². The standard InChI is InChI=1S/C23H32N7O3/c1-14-9-21(28-27-14)25-20-12-19(15-7-8-33-13-15)24-22(26-20)29(2)18-10-16-5-4-6-17(11-18)30(16)23(31)32-3/h9,12,15-16,18H,4-8,10-11,13H2,1-3H3,(H2,24,25,26,27,28)/q+1/t15?,16-,18-/m1/s1. The lowest BCUT2D eigenvalue weighted by Gasteiger charge is -2.35. The maximum Gasteiger partial charge on any atom is 0.596 e. The number of carbonyl (C=O) groups is 1. The molecule has 0 aromatic carbocycles. The molecule has 1 amide bonds. The van der Waals surface area contributed by atoms with E-state index in [1.165, 1.54) is 7.11 Å². The SMILES string of the molecule is COC(=O)[N+]1=C2CCC[C@@H]1C[C@@H](N(C)c1nc(Nc3cc(C)[nH]n3)cc(C3CCOC3)n1)C2. The van der Waals surface area contributed by atoms with Crippen LogP contribution in [0.5, 0.6) is 0 Å². The predicted molar refractivity (Wildman–Crippen MR) is 124 cm³/mol. The second-order valence-electron chi connectivity index (χ2n) is 9.26. The van der Waals surface area contributed by atoms with Gasteiger partial charge < -0.3 is 19.7 Å². The van der Waals surface area contributed by atoms with Gasteiger partial charge in [-0.1, -0.05) is 0 Å². The number of aryl methyl sites for hydroxylation is 1. The lowest BCUT2D eigenvalue weighted by molar-refractivity contribution is -0.501. The monoisotopic (exact) mass is 454 g/mol. The van der Waals surface area contributed by atoms with Crippen LogP contribution in [0.4, 0.5) is 22.4 Å². The number of fused-ring (bicyclic) bond motifs is 1. The van der Waals surface area contributed by atoms with Crippen LogP contribution in [0.3, 0.4) is 0 Å². The molecule has 5 heterocycles. The van der Waals surface area contributed by atoms with E-state index in [1.807, 2.05) is 23.6 Å². The van der Waals surface area contributed by atoms with Crippen molar-refractivity contribution in [3.05, 3.63) is 23.5 Å². The quantitative estimate of drug-likeness (QED) is 0.664. The number of hydrogen-bond acceptors (Lipinski definition) is 8. The first kappa shape index (κ1) is 21.8. The molecule has 33 heavy (non-hydrogen) atoms. The van der Waals surface area contributed by atoms with Gasteiger partial charge in [-0.3, -0.25) is 5.10 Å². The van der Waals surface area contributed by atoms with Gasteiger partial charge in [0, 0.05) is 69.1 Å². The minimum atomic E-state index is -0.240. The van der Waals surface area contributed by atoms with Crippen LogP contribution in [-0.4, -0.2) is 76.0 Å². The fraction of sp³-hybridized carbons (Fsp3) is 0.609. The number of nitrogens with zero attached hydrogens (tertiary/aromatic N) is 5. The Bertz CT molecular complexity index is 1060. The van der Waals surface area contributed by atoms with Gasteiger partial charge in [0.15, 0.2) is 17.6 Å². The molecule has 0 spiro atoms. The number of methoxy groups -OCH3 is 1. The Morgan fingerprint density at radius 3 is 2.88 bits per heavy atom. The Hall–Kier alpha value is -3.01. The van der Waals surface area contributed by atoms with Crippen molar-refractivity contribution in [2.75, 3.05) is 37.6 Å². The molecule has 2 N–H and O–H groups in total. The van der Waals surface area contributed by atoms with E-state index in [4.69, 9.17) is 19.4 Å². The fourth-order valence-electron chi connectivity index (χ4n) is 5.24. The number of aromatic amines is 1. The summed E-state index contributed by atoms with van der Waals surface area (Å²) >= 11 is 0. The molecule has 3 aliphatic heterocycles. The van der Waals surface area contributed by atoms with Gasteiger partial charge in [0.25, 0.3) is 0 Å². The third-order valence-corrected chi connectivity index (χ3v) is 7.00. The maximum atomic E-state index is 12.4. The van der Waals surface area contributed by atoms with E-state index in [1.54, 1.807) is 0 Å². The highest BCUT2D eigenvalue weighted by Gasteiger charge is 2.44. The van der Waals surface area contributed by atoms with Crippen molar-refractivity contribution in [1.29, 1.82) is 0 Å². The Morgan fingerprint density at radius 1 is 1.30 bits per heavy atom. The molecule has 2 aromatic rings. The van der Waals surface area contributed by atoms with E-state index in [9.17, 15) is 4.79 Å². The van der Waals surface area contributed by atoms with Gasteiger partial charge in [-0.2, -0.15) is 14.9 Å². The molecule has 2 bridgehead atoms. The largest absolute Gasteiger partial charge is 0.596 e. The minimum absolute atomic E-state index is 0.165. The average molecular weight is 455 g/mol. The molecule has 5 rings (SSSR count). The number of ether oxygens (including phenoxy) is 2. The predicted octanol–water partition coefficient (Wildman–Crippen LogP) is 3.13. The molecular formula is C23H32N7O3+. The Kier molecular flexibility index (Phi) is 6.01. The smallest absolute Gasteiger partial charge is 0.415 e. The van der Waals surface area contributed by atoms with Crippen LogP contribution in [0.15, 0.2) is 12.1 Å². The van der Waals surface area contributed by atoms with E-state index in [0.29, 0.717) is 12.6 Å². The molecule has 1 fully saturated rings. The van der Waals surface area contributed by atoms with Crippen LogP contribution in [0, 0.1) is 6.92 Å². The molecule has 176 valence electrons. The normalized spacial score (nSPS) is 24.6. The number of H-pyrrole nitrogens is 1. The van der Waals surface area contributed by atoms with E-state index in [0.717, 1.165) is 73.9 Å². The lowest BCUT2D eigenvalue weighted by atomic mass is 9.86. The topological polar surface area (TPSA) is 108 Å². The van der Waals surface area contributed by atoms with Crippen molar-refractivity contribution in [1.82, 2.24) is 20.2 Å². The fourth-order valence-corrected chi connectivity index (χ4v) is 5.24. The first-order chi connectivity index (χ1) is 16.0. The average Bonchev–Trinajstić information content (AvgIpc) is 3.49. The number of hydrogen-bond donors (Lipinski definition) is 2. The van der Waals surface area contributed by atoms with Crippen molar-refractivity contribution < 1.29 is 18.8 Å². The zero-order valence-electron chi connectivity index (χ0n) is 19.5. The zero-order chi connectivity index (χ0) is 22.9. The van der Waals surface area contributed by atoms with Crippen molar-refractivity contribution >= 4 is 29.4 Å². The molecule has 0 radical (unpaired) electrons. The number of anilines is 3. The van der Waals surface area contributed by atoms with E-state index in [2.05, 4.69) is 27.5 Å². The molecule has 10 heteroatoms. The molecule has 0 aliphatic carbocycles. The van der Waals surface area contributed by atoms with Gasteiger partial charge in [0.2, 0.25) is 5.95 Å². The van der Waals surface area contributed by atoms with Crippen LogP contribution >= 0.6 is 0 Å². The summed E-state index contributed by atoms with van der Waals surface area (Å²) in [6.07, 6.45) is 5.44. The van der Waals surface area contributed by atoms with Gasteiger partial charge in [-0.25, -0.2) is 4.98 Å². The Morgan fingerprint density at radius 2 is 2.18 bits per heavy atom. The zero-order valence-corrected chi connectivity index (χ0v) is 19.5. The number of nitrogens with one attached hydrogen (secondary N) is 2. The van der Waals surface area contributed by atoms with Crippen LogP contribution in [-0.2, 0) is 9.47 Å². The van der Waals surface area contributed by atoms with Crippen LogP contribution in [0.25, 0.3) is 0 Å². The van der Waals surface area contributed by atoms with Gasteiger partial charge in [-0.15, -0.1) is 4.58 Å². The van der Waals surface area contributed by atoms with Crippen molar-refractivity contribution in [2.45, 2.75) is 63.5 Å². The summed E-state index contributed by atoms with van der Waals surface area (Å²) in [5.74, 6) is 2.39. The number of rotatable bonds is 5. The lowest BCUT2D eigenvalue weighted by Crippen LogP contribution is -2.51. The molecule has 1 saturated heterocycles. The van der Waals surface area contributed by atoms with Crippen molar-refractivity contribution in [3.8, 4) is 0 Å². The summed E-state index contributed by atoms with van der Waals surface area (Å²) in [6, 6.07) is 4.34. The third kappa shape index (κ3) is 4.44. The summed E-state index contributed by atoms with van der Waals surface area (Å²) in [5, 5.41) is 10.6. The summed E-state index contributed by atoms with van der Waals surface area (Å²) in [5.41, 5.74) is 3.13. The van der Waals surface area contributed by atoms with Crippen LogP contribution < -0.4 is 10.2 Å². The van der Waals surface area contributed by atoms with Crippen LogP contribution in [0.1, 0.15) is 55.8 Å². The second-order valence-corrected chi connectivity index (χ2v) is 9.26. The molecule has 2 aromatic heterocycles. The maximum absolute atomic E-state index is 12.4. The highest BCUT2D eigenvalue weighted by Crippen LogP contribution is 2.32. The highest BCUT2D eigenvalue weighted by atomic mass is 16.5. The van der Waals surface area contributed by atoms with Crippen LogP contribution in [0.2, 0.25) is 0 Å². The molecule has 0 saturated carbocycles. The molecule has 3 aliphatic rings.